The van der Waals surface area contributed by atoms with Crippen molar-refractivity contribution >= 4 is 34.2 Å². The summed E-state index contributed by atoms with van der Waals surface area (Å²) in [6.45, 7) is 1.59. The van der Waals surface area contributed by atoms with Crippen molar-refractivity contribution in [1.82, 2.24) is 9.36 Å². The second-order valence-corrected chi connectivity index (χ2v) is 5.30. The Hall–Kier alpha value is -2.48. The minimum atomic E-state index is -1.11. The molecule has 0 aliphatic heterocycles. The molecule has 0 aliphatic carbocycles. The van der Waals surface area contributed by atoms with E-state index in [4.69, 9.17) is 5.11 Å². The first kappa shape index (κ1) is 14.9. The number of nitrogens with one attached hydrogen (secondary N) is 1. The van der Waals surface area contributed by atoms with Crippen LogP contribution in [-0.4, -0.2) is 40.4 Å². The van der Waals surface area contributed by atoms with Crippen molar-refractivity contribution in [3.8, 4) is 0 Å². The lowest BCUT2D eigenvalue weighted by molar-refractivity contribution is 0.0697. The number of pyridine rings is 1. The Balaban J connectivity index is 2.20. The molecule has 0 spiro atoms. The van der Waals surface area contributed by atoms with Gasteiger partial charge in [-0.15, -0.1) is 0 Å². The Bertz CT molecular complexity index is 679. The highest BCUT2D eigenvalue weighted by Gasteiger charge is 2.19. The lowest BCUT2D eigenvalue weighted by atomic mass is 10.2. The Labute approximate surface area is 125 Å². The van der Waals surface area contributed by atoms with Gasteiger partial charge in [0.2, 0.25) is 0 Å². The smallest absolute Gasteiger partial charge is 0.340 e. The van der Waals surface area contributed by atoms with Crippen molar-refractivity contribution in [3.63, 3.8) is 0 Å². The van der Waals surface area contributed by atoms with Gasteiger partial charge in [0.25, 0.3) is 5.91 Å². The van der Waals surface area contributed by atoms with E-state index in [0.717, 1.165) is 17.4 Å². The zero-order chi connectivity index (χ0) is 15.6. The molecule has 1 amide bonds. The van der Waals surface area contributed by atoms with E-state index in [0.29, 0.717) is 11.3 Å². The number of hydrogen-bond donors (Lipinski definition) is 2. The van der Waals surface area contributed by atoms with Crippen LogP contribution in [0.5, 0.6) is 0 Å². The molecule has 21 heavy (non-hydrogen) atoms. The zero-order valence-corrected chi connectivity index (χ0v) is 12.6. The Kier molecular flexibility index (Phi) is 4.18. The fourth-order valence-electron chi connectivity index (χ4n) is 1.67. The maximum Gasteiger partial charge on any atom is 0.340 e. The van der Waals surface area contributed by atoms with Crippen LogP contribution in [0.15, 0.2) is 18.3 Å². The molecule has 0 saturated heterocycles. The highest BCUT2D eigenvalue weighted by molar-refractivity contribution is 7.11. The minimum absolute atomic E-state index is 0.0196. The third kappa shape index (κ3) is 3.16. The number of carboxylic acids is 1. The molecule has 0 aliphatic rings. The van der Waals surface area contributed by atoms with Crippen LogP contribution in [0, 0.1) is 6.92 Å². The fourth-order valence-corrected chi connectivity index (χ4v) is 2.45. The molecule has 0 aromatic carbocycles. The molecule has 0 radical (unpaired) electrons. The largest absolute Gasteiger partial charge is 0.478 e. The molecule has 2 heterocycles. The van der Waals surface area contributed by atoms with Crippen LogP contribution in [0.1, 0.15) is 26.4 Å². The highest BCUT2D eigenvalue weighted by Crippen LogP contribution is 2.25. The van der Waals surface area contributed by atoms with Crippen molar-refractivity contribution in [1.29, 1.82) is 0 Å². The maximum atomic E-state index is 12.1. The fraction of sp³-hybridized carbons (Fsp3) is 0.231. The quantitative estimate of drug-likeness (QED) is 0.895. The molecule has 2 aromatic rings. The monoisotopic (exact) mass is 306 g/mol. The third-order valence-electron chi connectivity index (χ3n) is 2.77. The molecule has 110 valence electrons. The van der Waals surface area contributed by atoms with Crippen LogP contribution >= 0.6 is 11.5 Å². The Morgan fingerprint density at radius 2 is 2.05 bits per heavy atom. The number of hydrogen-bond acceptors (Lipinski definition) is 6. The van der Waals surface area contributed by atoms with E-state index in [-0.39, 0.29) is 10.6 Å². The van der Waals surface area contributed by atoms with Gasteiger partial charge < -0.3 is 15.3 Å². The number of nitrogens with zero attached hydrogens (tertiary/aromatic N) is 3. The van der Waals surface area contributed by atoms with Gasteiger partial charge in [0.1, 0.15) is 16.4 Å². The molecule has 8 heteroatoms. The van der Waals surface area contributed by atoms with E-state index in [2.05, 4.69) is 14.7 Å². The summed E-state index contributed by atoms with van der Waals surface area (Å²) < 4.78 is 3.95. The van der Waals surface area contributed by atoms with Crippen LogP contribution in [0.3, 0.4) is 0 Å². The maximum absolute atomic E-state index is 12.1. The number of carbonyl (C=O) groups is 2. The number of amides is 1. The van der Waals surface area contributed by atoms with Crippen LogP contribution in [-0.2, 0) is 0 Å². The van der Waals surface area contributed by atoms with Crippen molar-refractivity contribution in [3.05, 3.63) is 35.2 Å². The van der Waals surface area contributed by atoms with Crippen molar-refractivity contribution < 1.29 is 14.7 Å². The van der Waals surface area contributed by atoms with E-state index < -0.39 is 11.9 Å². The first-order valence-corrected chi connectivity index (χ1v) is 6.81. The number of rotatable bonds is 4. The number of anilines is 2. The summed E-state index contributed by atoms with van der Waals surface area (Å²) in [6.07, 6.45) is 1.44. The zero-order valence-electron chi connectivity index (χ0n) is 11.7. The van der Waals surface area contributed by atoms with Gasteiger partial charge in [-0.3, -0.25) is 4.79 Å². The van der Waals surface area contributed by atoms with Crippen molar-refractivity contribution in [2.45, 2.75) is 6.92 Å². The van der Waals surface area contributed by atoms with Crippen LogP contribution < -0.4 is 10.2 Å². The van der Waals surface area contributed by atoms with Gasteiger partial charge in [0.15, 0.2) is 0 Å². The Morgan fingerprint density at radius 1 is 1.33 bits per heavy atom. The molecule has 0 bridgehead atoms. The van der Waals surface area contributed by atoms with Crippen molar-refractivity contribution in [2.24, 2.45) is 0 Å². The van der Waals surface area contributed by atoms with Crippen molar-refractivity contribution in [2.75, 3.05) is 24.3 Å². The summed E-state index contributed by atoms with van der Waals surface area (Å²) in [7, 11) is 3.70. The summed E-state index contributed by atoms with van der Waals surface area (Å²) >= 11 is 0.944. The standard InChI is InChI=1S/C13H14N4O3S/c1-7-10(13(19)20)12(21-16-7)15-11(18)8-4-5-9(14-6-8)17(2)3/h4-6H,1-3H3,(H,15,18)(H,19,20). The summed E-state index contributed by atoms with van der Waals surface area (Å²) in [5, 5.41) is 11.9. The predicted molar refractivity (Wildman–Crippen MR) is 80.3 cm³/mol. The second kappa shape index (κ2) is 5.88. The van der Waals surface area contributed by atoms with E-state index in [1.54, 1.807) is 19.1 Å². The topological polar surface area (TPSA) is 95.4 Å². The molecular weight excluding hydrogens is 292 g/mol. The van der Waals surface area contributed by atoms with E-state index in [1.807, 2.05) is 19.0 Å². The summed E-state index contributed by atoms with van der Waals surface area (Å²) in [5.74, 6) is -0.803. The number of carboxylic acid groups (broad SMARTS) is 1. The first-order chi connectivity index (χ1) is 9.90. The van der Waals surface area contributed by atoms with Gasteiger partial charge in [-0.1, -0.05) is 0 Å². The second-order valence-electron chi connectivity index (χ2n) is 4.53. The van der Waals surface area contributed by atoms with E-state index in [9.17, 15) is 9.59 Å². The molecule has 2 aromatic heterocycles. The normalized spacial score (nSPS) is 10.2. The van der Waals surface area contributed by atoms with E-state index in [1.165, 1.54) is 6.20 Å². The Morgan fingerprint density at radius 3 is 2.57 bits per heavy atom. The van der Waals surface area contributed by atoms with Gasteiger partial charge >= 0.3 is 5.97 Å². The molecule has 2 N–H and O–H groups in total. The number of carbonyl (C=O) groups excluding carboxylic acids is 1. The summed E-state index contributed by atoms with van der Waals surface area (Å²) in [5.41, 5.74) is 0.748. The molecular formula is C13H14N4O3S. The summed E-state index contributed by atoms with van der Waals surface area (Å²) in [6, 6.07) is 3.34. The molecule has 0 fully saturated rings. The van der Waals surface area contributed by atoms with Crippen LogP contribution in [0.4, 0.5) is 10.8 Å². The molecule has 0 unspecified atom stereocenters. The number of aryl methyl sites for hydroxylation is 1. The molecule has 2 rings (SSSR count). The van der Waals surface area contributed by atoms with Gasteiger partial charge in [-0.25, -0.2) is 9.78 Å². The lowest BCUT2D eigenvalue weighted by Gasteiger charge is -2.11. The van der Waals surface area contributed by atoms with Gasteiger partial charge in [0.05, 0.1) is 11.3 Å². The average molecular weight is 306 g/mol. The van der Waals surface area contributed by atoms with Gasteiger partial charge in [-0.05, 0) is 30.6 Å². The number of aromatic nitrogens is 2. The third-order valence-corrected chi connectivity index (χ3v) is 3.63. The van der Waals surface area contributed by atoms with Gasteiger partial charge in [-0.2, -0.15) is 4.37 Å². The molecule has 0 atom stereocenters. The van der Waals surface area contributed by atoms with Crippen LogP contribution in [0.25, 0.3) is 0 Å². The average Bonchev–Trinajstić information content (AvgIpc) is 2.79. The van der Waals surface area contributed by atoms with Gasteiger partial charge in [0, 0.05) is 20.3 Å². The minimum Gasteiger partial charge on any atom is -0.478 e. The van der Waals surface area contributed by atoms with E-state index >= 15 is 0 Å². The molecule has 7 nitrogen and oxygen atoms in total. The first-order valence-electron chi connectivity index (χ1n) is 6.04. The lowest BCUT2D eigenvalue weighted by Crippen LogP contribution is -2.15. The van der Waals surface area contributed by atoms with Crippen LogP contribution in [0.2, 0.25) is 0 Å². The summed E-state index contributed by atoms with van der Waals surface area (Å²) in [4.78, 5) is 29.2. The SMILES string of the molecule is Cc1nsc(NC(=O)c2ccc(N(C)C)nc2)c1C(=O)O. The molecule has 0 saturated carbocycles. The number of aromatic carboxylic acids is 1. The predicted octanol–water partition coefficient (Wildman–Crippen LogP) is 1.86. The highest BCUT2D eigenvalue weighted by atomic mass is 32.1.